The molecule has 0 atom stereocenters. The van der Waals surface area contributed by atoms with Gasteiger partial charge < -0.3 is 9.30 Å². The molecule has 0 N–H and O–H groups in total. The molecule has 0 bridgehead atoms. The minimum Gasteiger partial charge on any atom is -0.462 e. The van der Waals surface area contributed by atoms with Crippen molar-refractivity contribution in [1.29, 1.82) is 0 Å². The molecule has 114 valence electrons. The van der Waals surface area contributed by atoms with Gasteiger partial charge in [-0.1, -0.05) is 50.6 Å². The van der Waals surface area contributed by atoms with Gasteiger partial charge in [-0.15, -0.1) is 0 Å². The van der Waals surface area contributed by atoms with Gasteiger partial charge in [0.25, 0.3) is 5.56 Å². The summed E-state index contributed by atoms with van der Waals surface area (Å²) in [5.74, 6) is -0.539. The lowest BCUT2D eigenvalue weighted by molar-refractivity contribution is 0.0526. The third-order valence-electron chi connectivity index (χ3n) is 3.12. The lowest BCUT2D eigenvalue weighted by Gasteiger charge is -2.01. The Bertz CT molecular complexity index is 832. The van der Waals surface area contributed by atoms with Crippen molar-refractivity contribution in [1.82, 2.24) is 4.57 Å². The Morgan fingerprint density at radius 2 is 2.00 bits per heavy atom. The summed E-state index contributed by atoms with van der Waals surface area (Å²) in [6, 6.07) is 9.96. The number of aromatic nitrogens is 1. The molecule has 0 amide bonds. The first-order valence-electron chi connectivity index (χ1n) is 6.65. The van der Waals surface area contributed by atoms with Crippen LogP contribution in [0.3, 0.4) is 0 Å². The Hall–Kier alpha value is -1.57. The molecule has 0 radical (unpaired) electrons. The van der Waals surface area contributed by atoms with Gasteiger partial charge in [0.1, 0.15) is 9.77 Å². The Morgan fingerprint density at radius 1 is 1.27 bits per heavy atom. The molecular formula is C15H13NO3S3. The van der Waals surface area contributed by atoms with Gasteiger partial charge >= 0.3 is 5.97 Å². The van der Waals surface area contributed by atoms with Crippen molar-refractivity contribution >= 4 is 38.4 Å². The number of hydrogen-bond acceptors (Lipinski definition) is 6. The van der Waals surface area contributed by atoms with Crippen LogP contribution in [0.4, 0.5) is 0 Å². The minimum absolute atomic E-state index is 0.153. The quantitative estimate of drug-likeness (QED) is 0.528. The van der Waals surface area contributed by atoms with Gasteiger partial charge in [-0.2, -0.15) is 0 Å². The largest absolute Gasteiger partial charge is 0.462 e. The average molecular weight is 351 g/mol. The van der Waals surface area contributed by atoms with Gasteiger partial charge in [0.2, 0.25) is 0 Å². The number of carbonyl (C=O) groups is 1. The zero-order valence-electron chi connectivity index (χ0n) is 12.0. The first kappa shape index (κ1) is 15.3. The van der Waals surface area contributed by atoms with Gasteiger partial charge in [0.15, 0.2) is 0 Å². The van der Waals surface area contributed by atoms with Crippen LogP contribution in [0, 0.1) is 0 Å². The maximum Gasteiger partial charge on any atom is 0.345 e. The molecule has 7 heteroatoms. The summed E-state index contributed by atoms with van der Waals surface area (Å²) in [5, 5.41) is 0. The third-order valence-corrected chi connectivity index (χ3v) is 7.07. The number of benzene rings is 1. The van der Waals surface area contributed by atoms with E-state index in [1.807, 2.05) is 30.3 Å². The number of hydrogen-bond donors (Lipinski definition) is 0. The van der Waals surface area contributed by atoms with Crippen molar-refractivity contribution in [2.75, 3.05) is 6.61 Å². The molecule has 4 nitrogen and oxygen atoms in total. The van der Waals surface area contributed by atoms with Gasteiger partial charge in [-0.05, 0) is 19.1 Å². The van der Waals surface area contributed by atoms with E-state index in [9.17, 15) is 9.59 Å². The molecule has 0 saturated carbocycles. The van der Waals surface area contributed by atoms with E-state index in [-0.39, 0.29) is 17.7 Å². The Balaban J connectivity index is 2.04. The number of fused-ring (bicyclic) bond motifs is 1. The van der Waals surface area contributed by atoms with Crippen molar-refractivity contribution in [2.45, 2.75) is 16.0 Å². The van der Waals surface area contributed by atoms with Crippen molar-refractivity contribution in [3.8, 4) is 10.6 Å². The van der Waals surface area contributed by atoms with Crippen LogP contribution in [0.15, 0.2) is 44.2 Å². The van der Waals surface area contributed by atoms with Crippen LogP contribution >= 0.6 is 32.4 Å². The molecule has 0 fully saturated rings. The molecule has 1 aromatic carbocycles. The number of nitrogens with zero attached hydrogens (tertiary/aromatic N) is 1. The van der Waals surface area contributed by atoms with Gasteiger partial charge in [0.05, 0.1) is 17.2 Å². The molecule has 2 heterocycles. The maximum atomic E-state index is 12.3. The number of carbonyl (C=O) groups excluding carboxylic acids is 1. The number of ether oxygens (including phenoxy) is 1. The van der Waals surface area contributed by atoms with Crippen LogP contribution < -0.4 is 5.56 Å². The average Bonchev–Trinajstić information content (AvgIpc) is 3.01. The second-order valence-electron chi connectivity index (χ2n) is 4.51. The highest BCUT2D eigenvalue weighted by molar-refractivity contribution is 8.03. The molecule has 2 aliphatic rings. The Morgan fingerprint density at radius 3 is 2.68 bits per heavy atom. The van der Waals surface area contributed by atoms with Crippen molar-refractivity contribution in [3.05, 3.63) is 46.2 Å². The number of esters is 1. The van der Waals surface area contributed by atoms with E-state index < -0.39 is 5.97 Å². The highest BCUT2D eigenvalue weighted by Gasteiger charge is 2.30. The molecule has 0 saturated heterocycles. The summed E-state index contributed by atoms with van der Waals surface area (Å²) < 4.78 is 7.57. The third kappa shape index (κ3) is 2.60. The summed E-state index contributed by atoms with van der Waals surface area (Å²) in [5.41, 5.74) is 0.680. The lowest BCUT2D eigenvalue weighted by atomic mass is 10.3. The highest BCUT2D eigenvalue weighted by Crippen LogP contribution is 2.46. The van der Waals surface area contributed by atoms with E-state index in [2.05, 4.69) is 0 Å². The zero-order valence-corrected chi connectivity index (χ0v) is 14.4. The summed E-state index contributed by atoms with van der Waals surface area (Å²) in [6.45, 7) is 1.99. The number of rotatable bonds is 4. The fourth-order valence-corrected chi connectivity index (χ4v) is 6.37. The monoisotopic (exact) mass is 351 g/mol. The van der Waals surface area contributed by atoms with Crippen molar-refractivity contribution in [2.24, 2.45) is 7.05 Å². The fraction of sp³-hybridized carbons (Fsp3) is 0.200. The van der Waals surface area contributed by atoms with E-state index in [1.165, 1.54) is 10.3 Å². The molecule has 0 spiro atoms. The second-order valence-corrected chi connectivity index (χ2v) is 8.00. The van der Waals surface area contributed by atoms with Crippen LogP contribution in [-0.4, -0.2) is 17.1 Å². The first-order chi connectivity index (χ1) is 10.6. The van der Waals surface area contributed by atoms with Crippen LogP contribution in [0.5, 0.6) is 0 Å². The maximum absolute atomic E-state index is 12.3. The molecule has 3 rings (SSSR count). The smallest absolute Gasteiger partial charge is 0.345 e. The van der Waals surface area contributed by atoms with Crippen molar-refractivity contribution in [3.63, 3.8) is 0 Å². The SMILES string of the molecule is CCOC(=O)c1c2ssc(Sc3ccccc3)c-2n(C)c1=O. The normalized spacial score (nSPS) is 11.0. The molecule has 22 heavy (non-hydrogen) atoms. The summed E-state index contributed by atoms with van der Waals surface area (Å²) in [6.07, 6.45) is 0. The van der Waals surface area contributed by atoms with E-state index in [1.54, 1.807) is 40.6 Å². The second kappa shape index (κ2) is 6.28. The fourth-order valence-electron chi connectivity index (χ4n) is 2.11. The van der Waals surface area contributed by atoms with Gasteiger partial charge in [-0.25, -0.2) is 4.79 Å². The van der Waals surface area contributed by atoms with E-state index >= 15 is 0 Å². The molecule has 0 aliphatic carbocycles. The van der Waals surface area contributed by atoms with E-state index in [4.69, 9.17) is 4.74 Å². The Kier molecular flexibility index (Phi) is 4.37. The molecule has 2 aliphatic heterocycles. The predicted octanol–water partition coefficient (Wildman–Crippen LogP) is 3.94. The molecule has 0 aromatic heterocycles. The molecular weight excluding hydrogens is 338 g/mol. The van der Waals surface area contributed by atoms with Crippen molar-refractivity contribution < 1.29 is 9.53 Å². The zero-order chi connectivity index (χ0) is 15.7. The summed E-state index contributed by atoms with van der Waals surface area (Å²) in [4.78, 5) is 26.2. The summed E-state index contributed by atoms with van der Waals surface area (Å²) >= 11 is 1.60. The van der Waals surface area contributed by atoms with Gasteiger partial charge in [0, 0.05) is 11.9 Å². The van der Waals surface area contributed by atoms with Crippen LogP contribution in [0.1, 0.15) is 17.3 Å². The molecule has 1 aromatic rings. The predicted molar refractivity (Wildman–Crippen MR) is 90.6 cm³/mol. The standard InChI is InChI=1S/C15H13NO3S3/c1-3-19-14(18)10-12-11(16(2)13(10)17)15(22-21-12)20-9-7-5-4-6-8-9/h4-8H,3H2,1-2H3. The van der Waals surface area contributed by atoms with Gasteiger partial charge in [-0.3, -0.25) is 4.79 Å². The topological polar surface area (TPSA) is 48.3 Å². The summed E-state index contributed by atoms with van der Waals surface area (Å²) in [7, 11) is 4.72. The van der Waals surface area contributed by atoms with E-state index in [0.29, 0.717) is 0 Å². The van der Waals surface area contributed by atoms with E-state index in [0.717, 1.165) is 19.7 Å². The minimum atomic E-state index is -0.539. The lowest BCUT2D eigenvalue weighted by Crippen LogP contribution is -2.19. The highest BCUT2D eigenvalue weighted by atomic mass is 32.9. The first-order valence-corrected chi connectivity index (χ1v) is 9.61. The molecule has 0 unspecified atom stereocenters. The Labute approximate surface area is 139 Å². The van der Waals surface area contributed by atoms with Crippen LogP contribution in [0.25, 0.3) is 10.6 Å². The van der Waals surface area contributed by atoms with Crippen LogP contribution in [0.2, 0.25) is 0 Å². The van der Waals surface area contributed by atoms with Crippen LogP contribution in [-0.2, 0) is 11.8 Å².